The van der Waals surface area contributed by atoms with Crippen molar-refractivity contribution in [3.05, 3.63) is 39.6 Å². The number of rotatable bonds is 10. The van der Waals surface area contributed by atoms with E-state index in [1.807, 2.05) is 20.8 Å². The zero-order chi connectivity index (χ0) is 24.0. The molecular formula is C21H27ClFN5O3S. The van der Waals surface area contributed by atoms with Crippen LogP contribution in [0.2, 0.25) is 5.02 Å². The van der Waals surface area contributed by atoms with Gasteiger partial charge in [0.05, 0.1) is 10.7 Å². The van der Waals surface area contributed by atoms with Crippen molar-refractivity contribution in [1.82, 2.24) is 9.69 Å². The van der Waals surface area contributed by atoms with Crippen LogP contribution in [0.1, 0.15) is 60.2 Å². The van der Waals surface area contributed by atoms with E-state index >= 15 is 0 Å². The molecule has 2 aromatic rings. The Hall–Kier alpha value is -2.72. The Morgan fingerprint density at radius 2 is 1.97 bits per heavy atom. The number of nitrogens with one attached hydrogen (secondary N) is 1. The van der Waals surface area contributed by atoms with E-state index in [0.29, 0.717) is 36.8 Å². The summed E-state index contributed by atoms with van der Waals surface area (Å²) in [5, 5.41) is 2.66. The normalized spacial score (nSPS) is 11.9. The summed E-state index contributed by atoms with van der Waals surface area (Å²) in [5.41, 5.74) is 11.0. The molecule has 0 spiro atoms. The SMILES string of the molecule is CCCC(C(=O)NCCC(C)C)N(C(=O)c1snc(C(N)=O)c1N)c1ccc(F)c(Cl)c1. The standard InChI is InChI=1S/C21H27ClFN5O3S/c1-4-5-15(20(30)26-9-8-11(2)3)28(12-6-7-14(23)13(22)10-12)21(31)18-16(24)17(19(25)29)27-32-18/h6-7,10-11,15H,4-5,8-9,24H2,1-3H3,(H2,25,29)(H,26,30). The number of hydrogen-bond acceptors (Lipinski definition) is 6. The van der Waals surface area contributed by atoms with Crippen LogP contribution in [0.25, 0.3) is 0 Å². The second-order valence-corrected chi connectivity index (χ2v) is 8.87. The quantitative estimate of drug-likeness (QED) is 0.475. The molecule has 0 aliphatic rings. The van der Waals surface area contributed by atoms with Gasteiger partial charge in [-0.05, 0) is 48.5 Å². The first kappa shape index (κ1) is 25.5. The van der Waals surface area contributed by atoms with Crippen molar-refractivity contribution in [2.24, 2.45) is 11.7 Å². The largest absolute Gasteiger partial charge is 0.395 e. The molecule has 0 aliphatic heterocycles. The molecule has 1 heterocycles. The fourth-order valence-electron chi connectivity index (χ4n) is 3.06. The number of nitrogens with zero attached hydrogens (tertiary/aromatic N) is 2. The number of nitrogen functional groups attached to an aromatic ring is 1. The lowest BCUT2D eigenvalue weighted by atomic mass is 10.1. The summed E-state index contributed by atoms with van der Waals surface area (Å²) in [6.07, 6.45) is 1.69. The van der Waals surface area contributed by atoms with Gasteiger partial charge in [0.1, 0.15) is 16.7 Å². The summed E-state index contributed by atoms with van der Waals surface area (Å²) >= 11 is 6.66. The van der Waals surface area contributed by atoms with Crippen LogP contribution in [0.5, 0.6) is 0 Å². The lowest BCUT2D eigenvalue weighted by Crippen LogP contribution is -2.50. The van der Waals surface area contributed by atoms with Crippen molar-refractivity contribution >= 4 is 52.2 Å². The predicted molar refractivity (Wildman–Crippen MR) is 124 cm³/mol. The highest BCUT2D eigenvalue weighted by Crippen LogP contribution is 2.31. The second kappa shape index (κ2) is 11.2. The second-order valence-electron chi connectivity index (χ2n) is 7.69. The van der Waals surface area contributed by atoms with Crippen LogP contribution in [-0.4, -0.2) is 34.7 Å². The maximum absolute atomic E-state index is 13.8. The van der Waals surface area contributed by atoms with Gasteiger partial charge in [-0.3, -0.25) is 19.3 Å². The average Bonchev–Trinajstić information content (AvgIpc) is 3.11. The topological polar surface area (TPSA) is 131 Å². The first-order valence-corrected chi connectivity index (χ1v) is 11.3. The van der Waals surface area contributed by atoms with Crippen molar-refractivity contribution in [2.45, 2.75) is 46.1 Å². The fourth-order valence-corrected chi connectivity index (χ4v) is 3.98. The Morgan fingerprint density at radius 1 is 1.28 bits per heavy atom. The summed E-state index contributed by atoms with van der Waals surface area (Å²) in [5.74, 6) is -2.17. The van der Waals surface area contributed by atoms with Crippen LogP contribution in [-0.2, 0) is 4.79 Å². The molecule has 1 atom stereocenters. The van der Waals surface area contributed by atoms with E-state index < -0.39 is 23.7 Å². The minimum absolute atomic E-state index is 0.0460. The zero-order valence-electron chi connectivity index (χ0n) is 18.2. The minimum atomic E-state index is -0.917. The van der Waals surface area contributed by atoms with Gasteiger partial charge in [0.15, 0.2) is 5.69 Å². The van der Waals surface area contributed by atoms with Crippen LogP contribution in [0.15, 0.2) is 18.2 Å². The smallest absolute Gasteiger partial charge is 0.272 e. The third-order valence-corrected chi connectivity index (χ3v) is 5.89. The van der Waals surface area contributed by atoms with Crippen LogP contribution in [0.3, 0.4) is 0 Å². The van der Waals surface area contributed by atoms with E-state index in [1.165, 1.54) is 17.0 Å². The number of anilines is 2. The monoisotopic (exact) mass is 483 g/mol. The lowest BCUT2D eigenvalue weighted by molar-refractivity contribution is -0.122. The predicted octanol–water partition coefficient (Wildman–Crippen LogP) is 3.59. The lowest BCUT2D eigenvalue weighted by Gasteiger charge is -2.31. The van der Waals surface area contributed by atoms with Crippen molar-refractivity contribution in [2.75, 3.05) is 17.2 Å². The van der Waals surface area contributed by atoms with Crippen molar-refractivity contribution in [3.8, 4) is 0 Å². The van der Waals surface area contributed by atoms with Gasteiger partial charge in [0.25, 0.3) is 11.8 Å². The van der Waals surface area contributed by atoms with E-state index in [2.05, 4.69) is 9.69 Å². The Labute approximate surface area is 195 Å². The van der Waals surface area contributed by atoms with Crippen LogP contribution >= 0.6 is 23.1 Å². The molecule has 1 aromatic heterocycles. The van der Waals surface area contributed by atoms with Crippen LogP contribution in [0, 0.1) is 11.7 Å². The molecule has 0 fully saturated rings. The van der Waals surface area contributed by atoms with E-state index in [1.54, 1.807) is 0 Å². The Kier molecular flexibility index (Phi) is 8.97. The molecule has 3 amide bonds. The van der Waals surface area contributed by atoms with E-state index in [-0.39, 0.29) is 32.9 Å². The number of carbonyl (C=O) groups is 3. The molecule has 1 unspecified atom stereocenters. The van der Waals surface area contributed by atoms with Gasteiger partial charge >= 0.3 is 0 Å². The summed E-state index contributed by atoms with van der Waals surface area (Å²) in [6, 6.07) is 2.82. The first-order chi connectivity index (χ1) is 15.1. The van der Waals surface area contributed by atoms with Gasteiger partial charge in [-0.1, -0.05) is 38.8 Å². The Bertz CT molecular complexity index is 998. The number of halogens is 2. The molecule has 0 saturated heterocycles. The zero-order valence-corrected chi connectivity index (χ0v) is 19.7. The molecule has 0 saturated carbocycles. The third-order valence-electron chi connectivity index (χ3n) is 4.75. The molecular weight excluding hydrogens is 457 g/mol. The highest BCUT2D eigenvalue weighted by molar-refractivity contribution is 7.09. The van der Waals surface area contributed by atoms with Gasteiger partial charge in [-0.15, -0.1) is 0 Å². The molecule has 1 aromatic carbocycles. The molecule has 5 N–H and O–H groups in total. The van der Waals surface area contributed by atoms with Gasteiger partial charge < -0.3 is 16.8 Å². The third kappa shape index (κ3) is 5.95. The van der Waals surface area contributed by atoms with Gasteiger partial charge in [0, 0.05) is 12.2 Å². The number of primary amides is 1. The highest BCUT2D eigenvalue weighted by atomic mass is 35.5. The van der Waals surface area contributed by atoms with E-state index in [0.717, 1.165) is 12.5 Å². The minimum Gasteiger partial charge on any atom is -0.395 e. The Balaban J connectivity index is 2.53. The van der Waals surface area contributed by atoms with Gasteiger partial charge in [-0.25, -0.2) is 4.39 Å². The number of benzene rings is 1. The van der Waals surface area contributed by atoms with Gasteiger partial charge in [0.2, 0.25) is 5.91 Å². The summed E-state index contributed by atoms with van der Waals surface area (Å²) in [7, 11) is 0. The van der Waals surface area contributed by atoms with E-state index in [9.17, 15) is 18.8 Å². The summed E-state index contributed by atoms with van der Waals surface area (Å²) in [4.78, 5) is 39.3. The van der Waals surface area contributed by atoms with Crippen LogP contribution in [0.4, 0.5) is 15.8 Å². The summed E-state index contributed by atoms with van der Waals surface area (Å²) in [6.45, 7) is 6.39. The van der Waals surface area contributed by atoms with Crippen molar-refractivity contribution in [1.29, 1.82) is 0 Å². The number of carbonyl (C=O) groups excluding carboxylic acids is 3. The molecule has 0 bridgehead atoms. The fraction of sp³-hybridized carbons (Fsp3) is 0.429. The Morgan fingerprint density at radius 3 is 2.50 bits per heavy atom. The number of nitrogens with two attached hydrogens (primary N) is 2. The molecule has 32 heavy (non-hydrogen) atoms. The molecule has 0 radical (unpaired) electrons. The maximum Gasteiger partial charge on any atom is 0.272 e. The van der Waals surface area contributed by atoms with Crippen molar-refractivity contribution in [3.63, 3.8) is 0 Å². The molecule has 11 heteroatoms. The number of hydrogen-bond donors (Lipinski definition) is 3. The van der Waals surface area contributed by atoms with Gasteiger partial charge in [-0.2, -0.15) is 4.37 Å². The van der Waals surface area contributed by atoms with E-state index in [4.69, 9.17) is 23.1 Å². The number of amides is 3. The maximum atomic E-state index is 13.8. The molecule has 2 rings (SSSR count). The molecule has 174 valence electrons. The molecule has 8 nitrogen and oxygen atoms in total. The molecule has 0 aliphatic carbocycles. The number of aromatic nitrogens is 1. The average molecular weight is 484 g/mol. The highest BCUT2D eigenvalue weighted by Gasteiger charge is 2.34. The van der Waals surface area contributed by atoms with Crippen molar-refractivity contribution < 1.29 is 18.8 Å². The van der Waals surface area contributed by atoms with Crippen LogP contribution < -0.4 is 21.7 Å². The summed E-state index contributed by atoms with van der Waals surface area (Å²) < 4.78 is 17.7. The first-order valence-electron chi connectivity index (χ1n) is 10.2.